The van der Waals surface area contributed by atoms with Crippen LogP contribution in [0.3, 0.4) is 0 Å². The van der Waals surface area contributed by atoms with Crippen LogP contribution in [0.25, 0.3) is 11.5 Å². The Labute approximate surface area is 170 Å². The van der Waals surface area contributed by atoms with Crippen LogP contribution >= 0.6 is 0 Å². The van der Waals surface area contributed by atoms with Gasteiger partial charge in [-0.15, -0.1) is 0 Å². The molecule has 0 aliphatic heterocycles. The molecular weight excluding hydrogens is 374 g/mol. The Hall–Kier alpha value is -2.71. The number of anilines is 1. The van der Waals surface area contributed by atoms with Crippen molar-refractivity contribution < 1.29 is 24.2 Å². The monoisotopic (exact) mass is 403 g/mol. The molecule has 29 heavy (non-hydrogen) atoms. The fourth-order valence-electron chi connectivity index (χ4n) is 3.02. The summed E-state index contributed by atoms with van der Waals surface area (Å²) in [6.07, 6.45) is 9.55. The zero-order chi connectivity index (χ0) is 21.1. The lowest BCUT2D eigenvalue weighted by molar-refractivity contribution is -0.105. The minimum Gasteiger partial charge on any atom is -0.505 e. The van der Waals surface area contributed by atoms with E-state index in [0.29, 0.717) is 19.2 Å². The summed E-state index contributed by atoms with van der Waals surface area (Å²) in [6, 6.07) is 2.73. The number of aromatic nitrogens is 1. The predicted octanol–water partition coefficient (Wildman–Crippen LogP) is 3.76. The van der Waals surface area contributed by atoms with Gasteiger partial charge >= 0.3 is 0 Å². The number of aliphatic hydroxyl groups excluding tert-OH is 1. The summed E-state index contributed by atoms with van der Waals surface area (Å²) in [5.74, 6) is -0.242. The second-order valence-corrected chi connectivity index (χ2v) is 6.90. The normalized spacial score (nSPS) is 11.9. The minimum absolute atomic E-state index is 0.0342. The number of nitrogens with one attached hydrogen (secondary N) is 2. The van der Waals surface area contributed by atoms with Gasteiger partial charge < -0.3 is 19.9 Å². The number of aldehydes is 1. The number of amides is 1. The van der Waals surface area contributed by atoms with Gasteiger partial charge in [-0.1, -0.05) is 45.4 Å². The Morgan fingerprint density at radius 3 is 2.55 bits per heavy atom. The van der Waals surface area contributed by atoms with E-state index in [-0.39, 0.29) is 34.1 Å². The van der Waals surface area contributed by atoms with Gasteiger partial charge in [-0.25, -0.2) is 4.98 Å². The minimum atomic E-state index is -1.00. The second-order valence-electron chi connectivity index (χ2n) is 6.90. The number of oxazole rings is 1. The topological polar surface area (TPSA) is 125 Å². The van der Waals surface area contributed by atoms with Crippen molar-refractivity contribution >= 4 is 18.4 Å². The molecule has 158 valence electrons. The molecule has 2 aromatic rings. The highest BCUT2D eigenvalue weighted by Crippen LogP contribution is 2.36. The van der Waals surface area contributed by atoms with Crippen molar-refractivity contribution in [1.29, 1.82) is 0 Å². The number of benzene rings is 1. The first kappa shape index (κ1) is 22.6. The number of phenolic OH excluding ortho intramolecular Hbond substituents is 1. The third-order valence-electron chi connectivity index (χ3n) is 4.63. The van der Waals surface area contributed by atoms with Crippen LogP contribution in [0.5, 0.6) is 5.75 Å². The van der Waals surface area contributed by atoms with Crippen molar-refractivity contribution in [1.82, 2.24) is 10.3 Å². The average molecular weight is 403 g/mol. The van der Waals surface area contributed by atoms with E-state index in [9.17, 15) is 19.8 Å². The number of phenols is 1. The molecule has 4 N–H and O–H groups in total. The van der Waals surface area contributed by atoms with Gasteiger partial charge in [0.05, 0.1) is 11.3 Å². The van der Waals surface area contributed by atoms with E-state index in [1.807, 2.05) is 0 Å². The molecule has 1 unspecified atom stereocenters. The van der Waals surface area contributed by atoms with Crippen LogP contribution in [0.1, 0.15) is 74.1 Å². The molecule has 2 rings (SSSR count). The van der Waals surface area contributed by atoms with Gasteiger partial charge in [0.15, 0.2) is 12.0 Å². The lowest BCUT2D eigenvalue weighted by Gasteiger charge is -2.10. The maximum atomic E-state index is 11.1. The molecule has 1 atom stereocenters. The molecule has 0 aliphatic carbocycles. The molecule has 1 amide bonds. The fourth-order valence-corrected chi connectivity index (χ4v) is 3.02. The molecule has 0 saturated carbocycles. The van der Waals surface area contributed by atoms with Crippen molar-refractivity contribution in [2.24, 2.45) is 0 Å². The first-order valence-corrected chi connectivity index (χ1v) is 10.00. The first-order chi connectivity index (χ1) is 14.1. The molecule has 8 heteroatoms. The van der Waals surface area contributed by atoms with Gasteiger partial charge in [-0.2, -0.15) is 0 Å². The smallest absolute Gasteiger partial charge is 0.230 e. The largest absolute Gasteiger partial charge is 0.505 e. The van der Waals surface area contributed by atoms with E-state index < -0.39 is 6.23 Å². The van der Waals surface area contributed by atoms with Crippen LogP contribution in [0.2, 0.25) is 0 Å². The molecule has 1 aromatic carbocycles. The number of nitrogens with zero attached hydrogens (tertiary/aromatic N) is 1. The van der Waals surface area contributed by atoms with E-state index in [1.54, 1.807) is 0 Å². The van der Waals surface area contributed by atoms with Crippen molar-refractivity contribution in [3.05, 3.63) is 29.7 Å². The third kappa shape index (κ3) is 6.69. The number of carbonyl (C=O) groups is 2. The second kappa shape index (κ2) is 12.0. The van der Waals surface area contributed by atoms with Crippen LogP contribution in [0.4, 0.5) is 5.69 Å². The first-order valence-electron chi connectivity index (χ1n) is 10.00. The molecule has 0 radical (unpaired) electrons. The molecule has 1 aromatic heterocycles. The van der Waals surface area contributed by atoms with Crippen molar-refractivity contribution in [2.75, 3.05) is 11.9 Å². The zero-order valence-electron chi connectivity index (χ0n) is 16.7. The Morgan fingerprint density at radius 1 is 1.14 bits per heavy atom. The van der Waals surface area contributed by atoms with E-state index >= 15 is 0 Å². The van der Waals surface area contributed by atoms with E-state index in [0.717, 1.165) is 12.8 Å². The van der Waals surface area contributed by atoms with Crippen LogP contribution in [0.15, 0.2) is 22.8 Å². The van der Waals surface area contributed by atoms with Crippen molar-refractivity contribution in [2.45, 2.75) is 58.1 Å². The van der Waals surface area contributed by atoms with E-state index in [2.05, 4.69) is 22.5 Å². The molecule has 0 bridgehead atoms. The maximum absolute atomic E-state index is 11.1. The van der Waals surface area contributed by atoms with Gasteiger partial charge in [-0.3, -0.25) is 14.9 Å². The summed E-state index contributed by atoms with van der Waals surface area (Å²) in [5.41, 5.74) is 0.713. The summed E-state index contributed by atoms with van der Waals surface area (Å²) in [7, 11) is 0. The molecule has 8 nitrogen and oxygen atoms in total. The Morgan fingerprint density at radius 2 is 1.86 bits per heavy atom. The quantitative estimate of drug-likeness (QED) is 0.164. The van der Waals surface area contributed by atoms with Gasteiger partial charge in [0, 0.05) is 5.56 Å². The SMILES string of the molecule is CCCCCCCCCNC(O)c1coc(-c2cc(C=O)cc(NC=O)c2O)n1. The van der Waals surface area contributed by atoms with Crippen LogP contribution in [0, 0.1) is 0 Å². The van der Waals surface area contributed by atoms with Crippen LogP contribution < -0.4 is 10.6 Å². The highest BCUT2D eigenvalue weighted by atomic mass is 16.3. The molecule has 0 fully saturated rings. The Balaban J connectivity index is 1.94. The lowest BCUT2D eigenvalue weighted by Crippen LogP contribution is -2.22. The third-order valence-corrected chi connectivity index (χ3v) is 4.63. The van der Waals surface area contributed by atoms with Gasteiger partial charge in [0.25, 0.3) is 0 Å². The summed E-state index contributed by atoms with van der Waals surface area (Å²) in [5, 5.41) is 25.9. The molecular formula is C21H29N3O5. The summed E-state index contributed by atoms with van der Waals surface area (Å²) in [4.78, 5) is 26.0. The number of unbranched alkanes of at least 4 members (excludes halogenated alkanes) is 6. The number of hydrogen-bond donors (Lipinski definition) is 4. The van der Waals surface area contributed by atoms with Gasteiger partial charge in [0.2, 0.25) is 12.3 Å². The van der Waals surface area contributed by atoms with E-state index in [4.69, 9.17) is 4.42 Å². The Bertz CT molecular complexity index is 791. The van der Waals surface area contributed by atoms with Crippen molar-refractivity contribution in [3.63, 3.8) is 0 Å². The standard InChI is InChI=1S/C21H29N3O5/c1-2-3-4-5-6-7-8-9-22-20(28)18-13-29-21(24-18)16-10-15(12-25)11-17(19(16)27)23-14-26/h10-14,20,22,27-28H,2-9H2,1H3,(H,23,26). The number of hydrogen-bond acceptors (Lipinski definition) is 7. The van der Waals surface area contributed by atoms with Crippen LogP contribution in [-0.4, -0.2) is 34.4 Å². The van der Waals surface area contributed by atoms with E-state index in [1.165, 1.54) is 50.5 Å². The summed E-state index contributed by atoms with van der Waals surface area (Å²) < 4.78 is 5.36. The number of carbonyl (C=O) groups excluding carboxylic acids is 2. The zero-order valence-corrected chi connectivity index (χ0v) is 16.7. The summed E-state index contributed by atoms with van der Waals surface area (Å²) in [6.45, 7) is 2.85. The number of rotatable bonds is 14. The molecule has 0 aliphatic rings. The fraction of sp³-hybridized carbons (Fsp3) is 0.476. The van der Waals surface area contributed by atoms with Gasteiger partial charge in [0.1, 0.15) is 18.2 Å². The van der Waals surface area contributed by atoms with Crippen molar-refractivity contribution in [3.8, 4) is 17.2 Å². The predicted molar refractivity (Wildman–Crippen MR) is 110 cm³/mol. The molecule has 0 spiro atoms. The van der Waals surface area contributed by atoms with Gasteiger partial charge in [-0.05, 0) is 25.1 Å². The Kier molecular flexibility index (Phi) is 9.33. The number of aliphatic hydroxyl groups is 1. The lowest BCUT2D eigenvalue weighted by atomic mass is 10.1. The molecule has 1 heterocycles. The average Bonchev–Trinajstić information content (AvgIpc) is 3.21. The highest BCUT2D eigenvalue weighted by molar-refractivity contribution is 5.88. The maximum Gasteiger partial charge on any atom is 0.230 e. The highest BCUT2D eigenvalue weighted by Gasteiger charge is 2.19. The van der Waals surface area contributed by atoms with Crippen LogP contribution in [-0.2, 0) is 4.79 Å². The number of aromatic hydroxyl groups is 1. The molecule has 0 saturated heterocycles. The summed E-state index contributed by atoms with van der Waals surface area (Å²) >= 11 is 0.